The van der Waals surface area contributed by atoms with Gasteiger partial charge in [0.1, 0.15) is 6.10 Å². The number of hydrogen-bond acceptors (Lipinski definition) is 4. The molecule has 1 aromatic carbocycles. The highest BCUT2D eigenvalue weighted by Crippen LogP contribution is 2.30. The summed E-state index contributed by atoms with van der Waals surface area (Å²) in [7, 11) is 1.57. The van der Waals surface area contributed by atoms with Crippen LogP contribution in [0.3, 0.4) is 0 Å². The van der Waals surface area contributed by atoms with E-state index in [0.29, 0.717) is 23.7 Å². The van der Waals surface area contributed by atoms with Crippen molar-refractivity contribution in [3.63, 3.8) is 0 Å². The first-order valence-corrected chi connectivity index (χ1v) is 5.64. The maximum Gasteiger partial charge on any atom is 0.161 e. The lowest BCUT2D eigenvalue weighted by molar-refractivity contribution is 0.101. The molecule has 0 bridgehead atoms. The highest BCUT2D eigenvalue weighted by atomic mass is 16.6. The van der Waals surface area contributed by atoms with Gasteiger partial charge in [-0.25, -0.2) is 0 Å². The van der Waals surface area contributed by atoms with Crippen LogP contribution in [-0.2, 0) is 4.74 Å². The van der Waals surface area contributed by atoms with Crippen LogP contribution in [0, 0.1) is 0 Å². The standard InChI is InChI=1S/C13H16O4/c1-9(14)10-3-4-12(13(7-10)15-2)17-11-5-6-16-8-11/h3-4,7,11H,5-6,8H2,1-2H3. The molecule has 92 valence electrons. The number of Topliss-reactive ketones (excluding diaryl/α,β-unsaturated/α-hetero) is 1. The molecular weight excluding hydrogens is 220 g/mol. The Hall–Kier alpha value is -1.55. The molecule has 0 saturated carbocycles. The van der Waals surface area contributed by atoms with Gasteiger partial charge < -0.3 is 14.2 Å². The average Bonchev–Trinajstić information content (AvgIpc) is 2.82. The van der Waals surface area contributed by atoms with Gasteiger partial charge >= 0.3 is 0 Å². The third-order valence-electron chi connectivity index (χ3n) is 2.75. The molecule has 4 heteroatoms. The molecular formula is C13H16O4. The fourth-order valence-electron chi connectivity index (χ4n) is 1.77. The van der Waals surface area contributed by atoms with Gasteiger partial charge in [0.25, 0.3) is 0 Å². The largest absolute Gasteiger partial charge is 0.493 e. The number of carbonyl (C=O) groups excluding carboxylic acids is 1. The van der Waals surface area contributed by atoms with Crippen LogP contribution < -0.4 is 9.47 Å². The lowest BCUT2D eigenvalue weighted by Gasteiger charge is -2.15. The zero-order chi connectivity index (χ0) is 12.3. The summed E-state index contributed by atoms with van der Waals surface area (Å²) in [5, 5.41) is 0. The molecule has 0 aliphatic carbocycles. The van der Waals surface area contributed by atoms with E-state index < -0.39 is 0 Å². The van der Waals surface area contributed by atoms with Crippen molar-refractivity contribution in [2.24, 2.45) is 0 Å². The molecule has 2 rings (SSSR count). The van der Waals surface area contributed by atoms with Crippen LogP contribution in [0.2, 0.25) is 0 Å². The van der Waals surface area contributed by atoms with E-state index in [1.165, 1.54) is 6.92 Å². The van der Waals surface area contributed by atoms with Crippen LogP contribution in [0.1, 0.15) is 23.7 Å². The number of ketones is 1. The molecule has 1 unspecified atom stereocenters. The lowest BCUT2D eigenvalue weighted by Crippen LogP contribution is -2.16. The summed E-state index contributed by atoms with van der Waals surface area (Å²) in [5.74, 6) is 1.26. The van der Waals surface area contributed by atoms with Gasteiger partial charge in [0.2, 0.25) is 0 Å². The fraction of sp³-hybridized carbons (Fsp3) is 0.462. The van der Waals surface area contributed by atoms with E-state index in [9.17, 15) is 4.79 Å². The number of hydrogen-bond donors (Lipinski definition) is 0. The molecule has 1 atom stereocenters. The zero-order valence-electron chi connectivity index (χ0n) is 10.1. The molecule has 1 aliphatic rings. The van der Waals surface area contributed by atoms with Crippen LogP contribution >= 0.6 is 0 Å². The van der Waals surface area contributed by atoms with Crippen LogP contribution in [0.25, 0.3) is 0 Å². The Morgan fingerprint density at radius 3 is 2.82 bits per heavy atom. The Morgan fingerprint density at radius 2 is 2.24 bits per heavy atom. The Labute approximate surface area is 100 Å². The molecule has 1 aromatic rings. The van der Waals surface area contributed by atoms with Gasteiger partial charge in [0.15, 0.2) is 17.3 Å². The summed E-state index contributed by atoms with van der Waals surface area (Å²) >= 11 is 0. The maximum absolute atomic E-state index is 11.3. The summed E-state index contributed by atoms with van der Waals surface area (Å²) in [6.45, 7) is 2.87. The van der Waals surface area contributed by atoms with E-state index >= 15 is 0 Å². The number of carbonyl (C=O) groups is 1. The quantitative estimate of drug-likeness (QED) is 0.751. The van der Waals surface area contributed by atoms with Crippen LogP contribution in [0.15, 0.2) is 18.2 Å². The van der Waals surface area contributed by atoms with Crippen molar-refractivity contribution < 1.29 is 19.0 Å². The molecule has 4 nitrogen and oxygen atoms in total. The summed E-state index contributed by atoms with van der Waals surface area (Å²) in [4.78, 5) is 11.3. The summed E-state index contributed by atoms with van der Waals surface area (Å²) in [6, 6.07) is 5.22. The normalized spacial score (nSPS) is 19.1. The third-order valence-corrected chi connectivity index (χ3v) is 2.75. The minimum atomic E-state index is 0.0130. The maximum atomic E-state index is 11.3. The van der Waals surface area contributed by atoms with E-state index in [-0.39, 0.29) is 11.9 Å². The monoisotopic (exact) mass is 236 g/mol. The van der Waals surface area contributed by atoms with Gasteiger partial charge in [-0.1, -0.05) is 0 Å². The smallest absolute Gasteiger partial charge is 0.161 e. The topological polar surface area (TPSA) is 44.8 Å². The number of rotatable bonds is 4. The minimum absolute atomic E-state index is 0.0130. The molecule has 1 aliphatic heterocycles. The average molecular weight is 236 g/mol. The lowest BCUT2D eigenvalue weighted by atomic mass is 10.1. The molecule has 0 spiro atoms. The van der Waals surface area contributed by atoms with E-state index in [2.05, 4.69) is 0 Å². The first kappa shape index (κ1) is 11.9. The molecule has 1 fully saturated rings. The second-order valence-electron chi connectivity index (χ2n) is 4.03. The molecule has 1 saturated heterocycles. The second-order valence-corrected chi connectivity index (χ2v) is 4.03. The Morgan fingerprint density at radius 1 is 1.41 bits per heavy atom. The van der Waals surface area contributed by atoms with E-state index in [1.54, 1.807) is 25.3 Å². The van der Waals surface area contributed by atoms with Gasteiger partial charge in [-0.2, -0.15) is 0 Å². The highest BCUT2D eigenvalue weighted by molar-refractivity contribution is 5.94. The summed E-state index contributed by atoms with van der Waals surface area (Å²) in [5.41, 5.74) is 0.622. The second kappa shape index (κ2) is 5.19. The predicted octanol–water partition coefficient (Wildman–Crippen LogP) is 2.07. The van der Waals surface area contributed by atoms with Crippen molar-refractivity contribution in [1.82, 2.24) is 0 Å². The van der Waals surface area contributed by atoms with Gasteiger partial charge in [0.05, 0.1) is 20.3 Å². The van der Waals surface area contributed by atoms with Crippen LogP contribution in [0.5, 0.6) is 11.5 Å². The fourth-order valence-corrected chi connectivity index (χ4v) is 1.77. The van der Waals surface area contributed by atoms with Crippen molar-refractivity contribution in [2.45, 2.75) is 19.4 Å². The molecule has 1 heterocycles. The minimum Gasteiger partial charge on any atom is -0.493 e. The highest BCUT2D eigenvalue weighted by Gasteiger charge is 2.19. The van der Waals surface area contributed by atoms with Crippen LogP contribution in [0.4, 0.5) is 0 Å². The van der Waals surface area contributed by atoms with Crippen molar-refractivity contribution in [3.05, 3.63) is 23.8 Å². The summed E-state index contributed by atoms with van der Waals surface area (Å²) < 4.78 is 16.2. The Bertz CT molecular complexity index is 408. The van der Waals surface area contributed by atoms with E-state index in [4.69, 9.17) is 14.2 Å². The SMILES string of the molecule is COc1cc(C(C)=O)ccc1OC1CCOC1. The van der Waals surface area contributed by atoms with Gasteiger partial charge in [0, 0.05) is 12.0 Å². The van der Waals surface area contributed by atoms with Crippen LogP contribution in [-0.4, -0.2) is 32.2 Å². The first-order chi connectivity index (χ1) is 8.20. The van der Waals surface area contributed by atoms with E-state index in [1.807, 2.05) is 0 Å². The molecule has 0 radical (unpaired) electrons. The molecule has 0 amide bonds. The zero-order valence-corrected chi connectivity index (χ0v) is 10.1. The van der Waals surface area contributed by atoms with Crippen molar-refractivity contribution in [1.29, 1.82) is 0 Å². The first-order valence-electron chi connectivity index (χ1n) is 5.64. The predicted molar refractivity (Wildman–Crippen MR) is 62.9 cm³/mol. The third kappa shape index (κ3) is 2.77. The van der Waals surface area contributed by atoms with Gasteiger partial charge in [-0.15, -0.1) is 0 Å². The molecule has 0 aromatic heterocycles. The molecule has 0 N–H and O–H groups in total. The van der Waals surface area contributed by atoms with Gasteiger partial charge in [-0.3, -0.25) is 4.79 Å². The van der Waals surface area contributed by atoms with Crippen molar-refractivity contribution >= 4 is 5.78 Å². The van der Waals surface area contributed by atoms with Crippen molar-refractivity contribution in [2.75, 3.05) is 20.3 Å². The molecule has 17 heavy (non-hydrogen) atoms. The summed E-state index contributed by atoms with van der Waals surface area (Å²) in [6.07, 6.45) is 0.963. The number of benzene rings is 1. The Kier molecular flexibility index (Phi) is 3.64. The van der Waals surface area contributed by atoms with Gasteiger partial charge in [-0.05, 0) is 25.1 Å². The van der Waals surface area contributed by atoms with E-state index in [0.717, 1.165) is 13.0 Å². The van der Waals surface area contributed by atoms with Crippen molar-refractivity contribution in [3.8, 4) is 11.5 Å². The number of ether oxygens (including phenoxy) is 3. The Balaban J connectivity index is 2.18. The number of methoxy groups -OCH3 is 1.